The number of carbonyl (C=O) groups excluding carboxylic acids is 1. The molecule has 1 aromatic rings. The zero-order valence-electron chi connectivity index (χ0n) is 7.64. The average molecular weight is 279 g/mol. The number of hydrogen-bond acceptors (Lipinski definition) is 2. The predicted molar refractivity (Wildman–Crippen MR) is 56.9 cm³/mol. The molecule has 15 heavy (non-hydrogen) atoms. The predicted octanol–water partition coefficient (Wildman–Crippen LogP) is 2.03. The van der Waals surface area contributed by atoms with Gasteiger partial charge in [-0.3, -0.25) is 4.79 Å². The molecule has 0 unspecified atom stereocenters. The molecular weight excluding hydrogens is 270 g/mol. The monoisotopic (exact) mass is 278 g/mol. The van der Waals surface area contributed by atoms with Crippen LogP contribution in [0, 0.1) is 0 Å². The minimum Gasteiger partial charge on any atom is -0.399 e. The van der Waals surface area contributed by atoms with Gasteiger partial charge in [0.2, 0.25) is 0 Å². The number of nitrogens with one attached hydrogen (secondary N) is 1. The van der Waals surface area contributed by atoms with Gasteiger partial charge < -0.3 is 11.1 Å². The lowest BCUT2D eigenvalue weighted by molar-refractivity contribution is 0.0891. The number of anilines is 1. The molecule has 0 saturated heterocycles. The Balaban J connectivity index is 2.73. The molecule has 0 fully saturated rings. The smallest absolute Gasteiger partial charge is 0.255 e. The third-order valence-corrected chi connectivity index (χ3v) is 2.06. The highest BCUT2D eigenvalue weighted by Crippen LogP contribution is 2.17. The van der Waals surface area contributed by atoms with Crippen molar-refractivity contribution in [1.29, 1.82) is 0 Å². The molecule has 0 aliphatic heterocycles. The van der Waals surface area contributed by atoms with Crippen LogP contribution in [0.1, 0.15) is 10.4 Å². The Morgan fingerprint density at radius 3 is 2.67 bits per heavy atom. The van der Waals surface area contributed by atoms with Crippen molar-refractivity contribution in [2.45, 2.75) is 6.43 Å². The molecule has 0 spiro atoms. The van der Waals surface area contributed by atoms with E-state index in [1.807, 2.05) is 0 Å². The summed E-state index contributed by atoms with van der Waals surface area (Å²) < 4.78 is 24.3. The van der Waals surface area contributed by atoms with Crippen LogP contribution >= 0.6 is 15.9 Å². The van der Waals surface area contributed by atoms with Gasteiger partial charge in [-0.2, -0.15) is 0 Å². The van der Waals surface area contributed by atoms with Gasteiger partial charge in [0.25, 0.3) is 12.3 Å². The summed E-state index contributed by atoms with van der Waals surface area (Å²) in [6, 6.07) is 4.55. The van der Waals surface area contributed by atoms with E-state index >= 15 is 0 Å². The number of alkyl halides is 2. The SMILES string of the molecule is Nc1cc(Br)cc(C(=O)NCC(F)F)c1. The molecule has 0 saturated carbocycles. The number of nitrogen functional groups attached to an aromatic ring is 1. The summed E-state index contributed by atoms with van der Waals surface area (Å²) in [6.45, 7) is -0.661. The number of carbonyl (C=O) groups is 1. The van der Waals surface area contributed by atoms with Crippen LogP contribution in [0.2, 0.25) is 0 Å². The molecule has 0 radical (unpaired) electrons. The Kier molecular flexibility index (Phi) is 4.02. The van der Waals surface area contributed by atoms with E-state index in [2.05, 4.69) is 21.2 Å². The van der Waals surface area contributed by atoms with Crippen molar-refractivity contribution in [2.24, 2.45) is 0 Å². The number of nitrogens with two attached hydrogens (primary N) is 1. The van der Waals surface area contributed by atoms with E-state index in [0.717, 1.165) is 0 Å². The van der Waals surface area contributed by atoms with Gasteiger partial charge >= 0.3 is 0 Å². The first-order valence-corrected chi connectivity index (χ1v) is 4.91. The molecule has 0 aliphatic rings. The Morgan fingerprint density at radius 1 is 1.47 bits per heavy atom. The summed E-state index contributed by atoms with van der Waals surface area (Å²) in [4.78, 5) is 11.3. The number of halogens is 3. The van der Waals surface area contributed by atoms with Crippen LogP contribution in [0.3, 0.4) is 0 Å². The summed E-state index contributed by atoms with van der Waals surface area (Å²) in [5.74, 6) is -0.566. The number of amides is 1. The lowest BCUT2D eigenvalue weighted by Gasteiger charge is -2.05. The first-order valence-electron chi connectivity index (χ1n) is 4.11. The highest BCUT2D eigenvalue weighted by atomic mass is 79.9. The average Bonchev–Trinajstić information content (AvgIpc) is 2.12. The fourth-order valence-electron chi connectivity index (χ4n) is 1.02. The largest absolute Gasteiger partial charge is 0.399 e. The molecule has 0 aromatic heterocycles. The summed E-state index contributed by atoms with van der Waals surface area (Å²) in [5, 5.41) is 2.09. The lowest BCUT2D eigenvalue weighted by Crippen LogP contribution is -2.28. The van der Waals surface area contributed by atoms with Crippen LogP contribution in [-0.4, -0.2) is 18.9 Å². The van der Waals surface area contributed by atoms with Gasteiger partial charge in [0.1, 0.15) is 0 Å². The molecule has 3 nitrogen and oxygen atoms in total. The zero-order valence-corrected chi connectivity index (χ0v) is 9.22. The Labute approximate surface area is 93.8 Å². The van der Waals surface area contributed by atoms with E-state index in [4.69, 9.17) is 5.73 Å². The first kappa shape index (κ1) is 11.9. The Morgan fingerprint density at radius 2 is 2.13 bits per heavy atom. The first-order chi connectivity index (χ1) is 6.99. The van der Waals surface area contributed by atoms with Crippen LogP contribution in [0.4, 0.5) is 14.5 Å². The molecule has 1 rings (SSSR count). The Bertz CT molecular complexity index is 351. The van der Waals surface area contributed by atoms with Crippen LogP contribution in [0.5, 0.6) is 0 Å². The fourth-order valence-corrected chi connectivity index (χ4v) is 1.53. The summed E-state index contributed by atoms with van der Waals surface area (Å²) in [6.07, 6.45) is -2.56. The van der Waals surface area contributed by atoms with E-state index in [9.17, 15) is 13.6 Å². The summed E-state index contributed by atoms with van der Waals surface area (Å²) in [5.41, 5.74) is 6.14. The van der Waals surface area contributed by atoms with Gasteiger partial charge in [0, 0.05) is 15.7 Å². The molecule has 3 N–H and O–H groups in total. The van der Waals surface area contributed by atoms with Crippen molar-refractivity contribution in [3.8, 4) is 0 Å². The fraction of sp³-hybridized carbons (Fsp3) is 0.222. The highest BCUT2D eigenvalue weighted by molar-refractivity contribution is 9.10. The molecule has 0 atom stereocenters. The molecule has 6 heteroatoms. The van der Waals surface area contributed by atoms with Gasteiger partial charge in [-0.05, 0) is 18.2 Å². The summed E-state index contributed by atoms with van der Waals surface area (Å²) in [7, 11) is 0. The minimum absolute atomic E-state index is 0.252. The topological polar surface area (TPSA) is 55.1 Å². The zero-order chi connectivity index (χ0) is 11.4. The maximum Gasteiger partial charge on any atom is 0.255 e. The number of rotatable bonds is 3. The van der Waals surface area contributed by atoms with E-state index in [-0.39, 0.29) is 5.56 Å². The molecule has 82 valence electrons. The number of benzene rings is 1. The normalized spacial score (nSPS) is 10.4. The van der Waals surface area contributed by atoms with Gasteiger partial charge in [0.15, 0.2) is 0 Å². The van der Waals surface area contributed by atoms with Crippen LogP contribution < -0.4 is 11.1 Å². The van der Waals surface area contributed by atoms with Crippen molar-refractivity contribution in [1.82, 2.24) is 5.32 Å². The van der Waals surface area contributed by atoms with Crippen LogP contribution in [-0.2, 0) is 0 Å². The second-order valence-electron chi connectivity index (χ2n) is 2.87. The molecular formula is C9H9BrF2N2O. The molecule has 0 bridgehead atoms. The summed E-state index contributed by atoms with van der Waals surface area (Å²) >= 11 is 3.15. The third-order valence-electron chi connectivity index (χ3n) is 1.60. The second-order valence-corrected chi connectivity index (χ2v) is 3.79. The maximum absolute atomic E-state index is 11.8. The second kappa shape index (κ2) is 5.06. The number of hydrogen-bond donors (Lipinski definition) is 2. The standard InChI is InChI=1S/C9H9BrF2N2O/c10-6-1-5(2-7(13)3-6)9(15)14-4-8(11)12/h1-3,8H,4,13H2,(H,14,15). The van der Waals surface area contributed by atoms with E-state index in [1.54, 1.807) is 6.07 Å². The van der Waals surface area contributed by atoms with Crippen molar-refractivity contribution in [2.75, 3.05) is 12.3 Å². The van der Waals surface area contributed by atoms with Crippen LogP contribution in [0.15, 0.2) is 22.7 Å². The van der Waals surface area contributed by atoms with Crippen molar-refractivity contribution >= 4 is 27.5 Å². The van der Waals surface area contributed by atoms with Gasteiger partial charge in [-0.25, -0.2) is 8.78 Å². The van der Waals surface area contributed by atoms with Crippen molar-refractivity contribution < 1.29 is 13.6 Å². The van der Waals surface area contributed by atoms with E-state index in [1.165, 1.54) is 12.1 Å². The highest BCUT2D eigenvalue weighted by Gasteiger charge is 2.09. The lowest BCUT2D eigenvalue weighted by atomic mass is 10.2. The van der Waals surface area contributed by atoms with E-state index in [0.29, 0.717) is 10.2 Å². The quantitative estimate of drug-likeness (QED) is 0.832. The molecule has 0 aliphatic carbocycles. The maximum atomic E-state index is 11.8. The third kappa shape index (κ3) is 3.83. The van der Waals surface area contributed by atoms with Crippen molar-refractivity contribution in [3.63, 3.8) is 0 Å². The van der Waals surface area contributed by atoms with Gasteiger partial charge in [0.05, 0.1) is 6.54 Å². The molecule has 1 aromatic carbocycles. The van der Waals surface area contributed by atoms with Gasteiger partial charge in [-0.1, -0.05) is 15.9 Å². The molecule has 0 heterocycles. The van der Waals surface area contributed by atoms with Gasteiger partial charge in [-0.15, -0.1) is 0 Å². The van der Waals surface area contributed by atoms with Crippen molar-refractivity contribution in [3.05, 3.63) is 28.2 Å². The Hall–Kier alpha value is -1.17. The minimum atomic E-state index is -2.56. The van der Waals surface area contributed by atoms with Crippen LogP contribution in [0.25, 0.3) is 0 Å². The van der Waals surface area contributed by atoms with E-state index < -0.39 is 18.9 Å². The molecule has 1 amide bonds.